The van der Waals surface area contributed by atoms with Crippen LogP contribution in [0, 0.1) is 0 Å². The number of hydrogen-bond donors (Lipinski definition) is 1. The van der Waals surface area contributed by atoms with Crippen LogP contribution in [0.1, 0.15) is 25.7 Å². The van der Waals surface area contributed by atoms with E-state index < -0.39 is 0 Å². The van der Waals surface area contributed by atoms with E-state index in [-0.39, 0.29) is 0 Å². The van der Waals surface area contributed by atoms with Crippen LogP contribution < -0.4 is 10.5 Å². The molecule has 0 amide bonds. The maximum Gasteiger partial charge on any atom is 0.119 e. The van der Waals surface area contributed by atoms with Crippen molar-refractivity contribution in [1.82, 2.24) is 4.90 Å². The first-order valence-electron chi connectivity index (χ1n) is 6.44. The lowest BCUT2D eigenvalue weighted by molar-refractivity contribution is 0.153. The average Bonchev–Trinajstić information content (AvgIpc) is 2.34. The molecule has 0 unspecified atom stereocenters. The van der Waals surface area contributed by atoms with Gasteiger partial charge in [0.05, 0.1) is 6.61 Å². The Hall–Kier alpha value is -1.22. The number of nitrogens with zero attached hydrogens (tertiary/aromatic N) is 1. The van der Waals surface area contributed by atoms with Gasteiger partial charge in [0.25, 0.3) is 0 Å². The third kappa shape index (κ3) is 3.63. The summed E-state index contributed by atoms with van der Waals surface area (Å²) in [4.78, 5) is 2.45. The summed E-state index contributed by atoms with van der Waals surface area (Å²) in [6.45, 7) is 2.02. The van der Waals surface area contributed by atoms with Gasteiger partial charge in [-0.15, -0.1) is 0 Å². The van der Waals surface area contributed by atoms with Crippen molar-refractivity contribution in [3.63, 3.8) is 0 Å². The SMILES string of the molecule is CN1CCCC[C@@H]1CCOc1ccc(N)cc1. The Bertz CT molecular complexity index is 337. The van der Waals surface area contributed by atoms with Gasteiger partial charge in [0.1, 0.15) is 5.75 Å². The van der Waals surface area contributed by atoms with E-state index in [1.165, 1.54) is 25.8 Å². The summed E-state index contributed by atoms with van der Waals surface area (Å²) >= 11 is 0. The normalized spacial score (nSPS) is 21.4. The van der Waals surface area contributed by atoms with Crippen LogP contribution >= 0.6 is 0 Å². The third-order valence-electron chi connectivity index (χ3n) is 3.52. The van der Waals surface area contributed by atoms with Crippen LogP contribution in [0.15, 0.2) is 24.3 Å². The Balaban J connectivity index is 1.73. The lowest BCUT2D eigenvalue weighted by atomic mass is 10.0. The number of ether oxygens (including phenoxy) is 1. The van der Waals surface area contributed by atoms with Gasteiger partial charge in [-0.25, -0.2) is 0 Å². The zero-order chi connectivity index (χ0) is 12.1. The van der Waals surface area contributed by atoms with E-state index in [2.05, 4.69) is 11.9 Å². The van der Waals surface area contributed by atoms with Gasteiger partial charge in [-0.1, -0.05) is 6.42 Å². The van der Waals surface area contributed by atoms with Crippen molar-refractivity contribution in [3.8, 4) is 5.75 Å². The predicted molar refractivity (Wildman–Crippen MR) is 71.2 cm³/mol. The van der Waals surface area contributed by atoms with Crippen molar-refractivity contribution in [3.05, 3.63) is 24.3 Å². The monoisotopic (exact) mass is 234 g/mol. The van der Waals surface area contributed by atoms with Crippen LogP contribution in [-0.2, 0) is 0 Å². The molecule has 1 aliphatic heterocycles. The number of benzene rings is 1. The number of piperidine rings is 1. The largest absolute Gasteiger partial charge is 0.494 e. The lowest BCUT2D eigenvalue weighted by Crippen LogP contribution is -2.37. The maximum atomic E-state index is 5.73. The predicted octanol–water partition coefficient (Wildman–Crippen LogP) is 2.52. The number of nitrogens with two attached hydrogens (primary N) is 1. The minimum absolute atomic E-state index is 0.692. The van der Waals surface area contributed by atoms with Crippen LogP contribution in [0.2, 0.25) is 0 Å². The van der Waals surface area contributed by atoms with E-state index in [4.69, 9.17) is 10.5 Å². The van der Waals surface area contributed by atoms with Crippen LogP contribution in [-0.4, -0.2) is 31.1 Å². The van der Waals surface area contributed by atoms with Gasteiger partial charge in [0.2, 0.25) is 0 Å². The summed E-state index contributed by atoms with van der Waals surface area (Å²) in [5, 5.41) is 0. The van der Waals surface area contributed by atoms with Crippen LogP contribution in [0.3, 0.4) is 0 Å². The van der Waals surface area contributed by atoms with Gasteiger partial charge in [0.15, 0.2) is 0 Å². The van der Waals surface area contributed by atoms with Gasteiger partial charge in [-0.05, 0) is 57.1 Å². The number of nitrogen functional groups attached to an aromatic ring is 1. The molecule has 1 fully saturated rings. The van der Waals surface area contributed by atoms with E-state index in [1.54, 1.807) is 0 Å². The average molecular weight is 234 g/mol. The molecule has 0 aromatic heterocycles. The molecule has 0 aliphatic carbocycles. The lowest BCUT2D eigenvalue weighted by Gasteiger charge is -2.32. The van der Waals surface area contributed by atoms with E-state index in [0.717, 1.165) is 24.5 Å². The molecule has 94 valence electrons. The summed E-state index contributed by atoms with van der Waals surface area (Å²) in [7, 11) is 2.22. The molecule has 0 spiro atoms. The molecular weight excluding hydrogens is 212 g/mol. The highest BCUT2D eigenvalue weighted by Gasteiger charge is 2.18. The number of likely N-dealkylation sites (tertiary alicyclic amines) is 1. The molecule has 1 aromatic carbocycles. The molecule has 2 rings (SSSR count). The first-order chi connectivity index (χ1) is 8.25. The summed E-state index contributed by atoms with van der Waals surface area (Å²) in [5.41, 5.74) is 6.41. The Morgan fingerprint density at radius 1 is 1.29 bits per heavy atom. The van der Waals surface area contributed by atoms with Crippen molar-refractivity contribution in [2.75, 3.05) is 25.9 Å². The molecule has 1 aliphatic rings. The summed E-state index contributed by atoms with van der Waals surface area (Å²) in [5.74, 6) is 0.915. The Morgan fingerprint density at radius 3 is 2.76 bits per heavy atom. The highest BCUT2D eigenvalue weighted by atomic mass is 16.5. The molecule has 0 bridgehead atoms. The standard InChI is InChI=1S/C14H22N2O/c1-16-10-3-2-4-13(16)9-11-17-14-7-5-12(15)6-8-14/h5-8,13H,2-4,9-11,15H2,1H3/t13-/m1/s1. The zero-order valence-electron chi connectivity index (χ0n) is 10.6. The molecular formula is C14H22N2O. The van der Waals surface area contributed by atoms with Gasteiger partial charge < -0.3 is 15.4 Å². The molecule has 0 radical (unpaired) electrons. The van der Waals surface area contributed by atoms with Crippen LogP contribution in [0.25, 0.3) is 0 Å². The zero-order valence-corrected chi connectivity index (χ0v) is 10.6. The van der Waals surface area contributed by atoms with E-state index >= 15 is 0 Å². The van der Waals surface area contributed by atoms with Crippen molar-refractivity contribution in [1.29, 1.82) is 0 Å². The summed E-state index contributed by atoms with van der Waals surface area (Å²) in [6, 6.07) is 8.31. The Morgan fingerprint density at radius 2 is 2.06 bits per heavy atom. The second-order valence-corrected chi connectivity index (χ2v) is 4.84. The highest BCUT2D eigenvalue weighted by molar-refractivity contribution is 5.41. The Labute approximate surface area is 104 Å². The van der Waals surface area contributed by atoms with E-state index in [1.807, 2.05) is 24.3 Å². The number of hydrogen-bond acceptors (Lipinski definition) is 3. The van der Waals surface area contributed by atoms with Gasteiger partial charge in [-0.2, -0.15) is 0 Å². The quantitative estimate of drug-likeness (QED) is 0.814. The molecule has 1 aromatic rings. The Kier molecular flexibility index (Phi) is 4.26. The van der Waals surface area contributed by atoms with Gasteiger partial charge >= 0.3 is 0 Å². The third-order valence-corrected chi connectivity index (χ3v) is 3.52. The topological polar surface area (TPSA) is 38.5 Å². The maximum absolute atomic E-state index is 5.73. The molecule has 3 nitrogen and oxygen atoms in total. The van der Waals surface area contributed by atoms with Gasteiger partial charge in [0, 0.05) is 11.7 Å². The van der Waals surface area contributed by atoms with Crippen molar-refractivity contribution >= 4 is 5.69 Å². The molecule has 1 atom stereocenters. The molecule has 17 heavy (non-hydrogen) atoms. The van der Waals surface area contributed by atoms with Crippen LogP contribution in [0.4, 0.5) is 5.69 Å². The highest BCUT2D eigenvalue weighted by Crippen LogP contribution is 2.19. The van der Waals surface area contributed by atoms with Crippen molar-refractivity contribution in [2.45, 2.75) is 31.7 Å². The fourth-order valence-corrected chi connectivity index (χ4v) is 2.39. The summed E-state index contributed by atoms with van der Waals surface area (Å²) in [6.07, 6.45) is 5.12. The van der Waals surface area contributed by atoms with E-state index in [9.17, 15) is 0 Å². The molecule has 0 saturated carbocycles. The van der Waals surface area contributed by atoms with Crippen molar-refractivity contribution in [2.24, 2.45) is 0 Å². The first kappa shape index (κ1) is 12.2. The molecule has 3 heteroatoms. The fourth-order valence-electron chi connectivity index (χ4n) is 2.39. The molecule has 2 N–H and O–H groups in total. The second-order valence-electron chi connectivity index (χ2n) is 4.84. The van der Waals surface area contributed by atoms with Crippen LogP contribution in [0.5, 0.6) is 5.75 Å². The van der Waals surface area contributed by atoms with E-state index in [0.29, 0.717) is 6.04 Å². The summed E-state index contributed by atoms with van der Waals surface area (Å²) < 4.78 is 5.73. The second kappa shape index (κ2) is 5.92. The number of rotatable bonds is 4. The number of anilines is 1. The minimum atomic E-state index is 0.692. The first-order valence-corrected chi connectivity index (χ1v) is 6.44. The molecule has 1 saturated heterocycles. The fraction of sp³-hybridized carbons (Fsp3) is 0.571. The van der Waals surface area contributed by atoms with Gasteiger partial charge in [-0.3, -0.25) is 0 Å². The van der Waals surface area contributed by atoms with Crippen molar-refractivity contribution < 1.29 is 4.74 Å². The molecule has 1 heterocycles. The minimum Gasteiger partial charge on any atom is -0.494 e. The smallest absolute Gasteiger partial charge is 0.119 e.